The summed E-state index contributed by atoms with van der Waals surface area (Å²) in [6.45, 7) is 2.04. The smallest absolute Gasteiger partial charge is 0.266 e. The molecule has 1 aromatic heterocycles. The molecule has 0 spiro atoms. The molecule has 4 rings (SSSR count). The lowest BCUT2D eigenvalue weighted by molar-refractivity contribution is -0.119. The largest absolute Gasteiger partial charge is 0.497 e. The molecule has 7 heteroatoms. The molecular formula is C22H23N3O3S. The van der Waals surface area contributed by atoms with Gasteiger partial charge < -0.3 is 10.1 Å². The van der Waals surface area contributed by atoms with Gasteiger partial charge in [0, 0.05) is 6.04 Å². The number of nitrogens with one attached hydrogen (secondary N) is 1. The fraction of sp³-hybridized carbons (Fsp3) is 0.318. The van der Waals surface area contributed by atoms with Crippen molar-refractivity contribution in [1.29, 1.82) is 0 Å². The Hall–Kier alpha value is -2.80. The Labute approximate surface area is 173 Å². The van der Waals surface area contributed by atoms with E-state index in [2.05, 4.69) is 10.3 Å². The van der Waals surface area contributed by atoms with Crippen molar-refractivity contribution in [3.8, 4) is 11.4 Å². The van der Waals surface area contributed by atoms with Crippen LogP contribution in [0.1, 0.15) is 19.8 Å². The molecular weight excluding hydrogens is 386 g/mol. The molecule has 0 aliphatic heterocycles. The van der Waals surface area contributed by atoms with Crippen molar-refractivity contribution < 1.29 is 9.53 Å². The number of nitrogens with zero attached hydrogens (tertiary/aromatic N) is 2. The molecule has 1 N–H and O–H groups in total. The van der Waals surface area contributed by atoms with E-state index in [1.807, 2.05) is 37.3 Å². The molecule has 29 heavy (non-hydrogen) atoms. The Morgan fingerprint density at radius 1 is 1.24 bits per heavy atom. The highest BCUT2D eigenvalue weighted by atomic mass is 32.2. The fourth-order valence-electron chi connectivity index (χ4n) is 3.31. The molecule has 1 aliphatic rings. The van der Waals surface area contributed by atoms with Crippen LogP contribution >= 0.6 is 11.8 Å². The van der Waals surface area contributed by atoms with E-state index in [1.165, 1.54) is 24.6 Å². The van der Waals surface area contributed by atoms with Gasteiger partial charge in [0.15, 0.2) is 5.16 Å². The molecule has 1 saturated carbocycles. The van der Waals surface area contributed by atoms with E-state index in [9.17, 15) is 9.59 Å². The number of aromatic nitrogens is 2. The van der Waals surface area contributed by atoms with Gasteiger partial charge in [-0.05, 0) is 62.1 Å². The van der Waals surface area contributed by atoms with Gasteiger partial charge >= 0.3 is 0 Å². The zero-order valence-corrected chi connectivity index (χ0v) is 17.2. The van der Waals surface area contributed by atoms with Crippen LogP contribution in [0.5, 0.6) is 5.75 Å². The molecule has 1 unspecified atom stereocenters. The molecule has 0 bridgehead atoms. The first-order valence-electron chi connectivity index (χ1n) is 9.65. The van der Waals surface area contributed by atoms with Gasteiger partial charge in [0.25, 0.3) is 5.56 Å². The number of benzene rings is 2. The van der Waals surface area contributed by atoms with E-state index in [0.29, 0.717) is 33.4 Å². The van der Waals surface area contributed by atoms with Gasteiger partial charge in [-0.2, -0.15) is 0 Å². The number of para-hydroxylation sites is 1. The van der Waals surface area contributed by atoms with Crippen LogP contribution in [0.4, 0.5) is 0 Å². The molecule has 0 radical (unpaired) electrons. The third-order valence-electron chi connectivity index (χ3n) is 5.13. The van der Waals surface area contributed by atoms with Crippen molar-refractivity contribution in [1.82, 2.24) is 14.9 Å². The summed E-state index contributed by atoms with van der Waals surface area (Å²) >= 11 is 1.27. The van der Waals surface area contributed by atoms with Crippen LogP contribution in [0.25, 0.3) is 16.6 Å². The average Bonchev–Trinajstić information content (AvgIpc) is 3.58. The second kappa shape index (κ2) is 8.29. The summed E-state index contributed by atoms with van der Waals surface area (Å²) in [6, 6.07) is 14.7. The van der Waals surface area contributed by atoms with Crippen molar-refractivity contribution in [2.75, 3.05) is 12.9 Å². The number of ether oxygens (including phenoxy) is 1. The summed E-state index contributed by atoms with van der Waals surface area (Å²) in [4.78, 5) is 30.2. The number of methoxy groups -OCH3 is 1. The van der Waals surface area contributed by atoms with E-state index < -0.39 is 0 Å². The highest BCUT2D eigenvalue weighted by Crippen LogP contribution is 2.32. The van der Waals surface area contributed by atoms with Crippen LogP contribution in [-0.2, 0) is 4.79 Å². The molecule has 1 atom stereocenters. The molecule has 1 heterocycles. The normalized spacial score (nSPS) is 14.6. The molecule has 3 aromatic rings. The first kappa shape index (κ1) is 19.5. The first-order chi connectivity index (χ1) is 14.1. The van der Waals surface area contributed by atoms with Crippen LogP contribution in [0, 0.1) is 5.92 Å². The van der Waals surface area contributed by atoms with Crippen molar-refractivity contribution in [3.63, 3.8) is 0 Å². The standard InChI is InChI=1S/C22H23N3O3S/c1-14(15-7-8-15)23-20(26)13-29-22-24-19-6-4-3-5-18(19)21(27)25(22)16-9-11-17(28-2)12-10-16/h3-6,9-12,14-15H,7-8,13H2,1-2H3,(H,23,26). The van der Waals surface area contributed by atoms with E-state index in [1.54, 1.807) is 29.9 Å². The summed E-state index contributed by atoms with van der Waals surface area (Å²) in [5.41, 5.74) is 1.15. The molecule has 1 aliphatic carbocycles. The number of hydrogen-bond acceptors (Lipinski definition) is 5. The van der Waals surface area contributed by atoms with Crippen LogP contribution in [0.3, 0.4) is 0 Å². The Morgan fingerprint density at radius 3 is 2.66 bits per heavy atom. The van der Waals surface area contributed by atoms with Crippen LogP contribution in [0.2, 0.25) is 0 Å². The SMILES string of the molecule is COc1ccc(-n2c(SCC(=O)NC(C)C3CC3)nc3ccccc3c2=O)cc1. The zero-order chi connectivity index (χ0) is 20.4. The molecule has 0 saturated heterocycles. The van der Waals surface area contributed by atoms with Crippen LogP contribution < -0.4 is 15.6 Å². The van der Waals surface area contributed by atoms with Crippen molar-refractivity contribution in [2.45, 2.75) is 31.0 Å². The molecule has 1 amide bonds. The van der Waals surface area contributed by atoms with E-state index in [0.717, 1.165) is 0 Å². The Bertz CT molecular complexity index is 1090. The van der Waals surface area contributed by atoms with Gasteiger partial charge in [-0.3, -0.25) is 14.2 Å². The van der Waals surface area contributed by atoms with E-state index in [4.69, 9.17) is 4.74 Å². The van der Waals surface area contributed by atoms with Crippen LogP contribution in [-0.4, -0.2) is 34.4 Å². The topological polar surface area (TPSA) is 73.2 Å². The highest BCUT2D eigenvalue weighted by molar-refractivity contribution is 7.99. The number of carbonyl (C=O) groups excluding carboxylic acids is 1. The van der Waals surface area contributed by atoms with Crippen molar-refractivity contribution in [3.05, 3.63) is 58.9 Å². The number of carbonyl (C=O) groups is 1. The molecule has 2 aromatic carbocycles. The van der Waals surface area contributed by atoms with Gasteiger partial charge in [-0.25, -0.2) is 4.98 Å². The molecule has 150 valence electrons. The number of hydrogen-bond donors (Lipinski definition) is 1. The van der Waals surface area contributed by atoms with Gasteiger partial charge in [-0.15, -0.1) is 0 Å². The summed E-state index contributed by atoms with van der Waals surface area (Å²) in [5.74, 6) is 1.47. The van der Waals surface area contributed by atoms with Gasteiger partial charge in [0.05, 0.1) is 29.5 Å². The summed E-state index contributed by atoms with van der Waals surface area (Å²) in [7, 11) is 1.60. The predicted octanol–water partition coefficient (Wildman–Crippen LogP) is 3.40. The summed E-state index contributed by atoms with van der Waals surface area (Å²) in [6.07, 6.45) is 2.36. The minimum absolute atomic E-state index is 0.0434. The van der Waals surface area contributed by atoms with Crippen LogP contribution in [0.15, 0.2) is 58.5 Å². The fourth-order valence-corrected chi connectivity index (χ4v) is 4.13. The third kappa shape index (κ3) is 4.29. The highest BCUT2D eigenvalue weighted by Gasteiger charge is 2.28. The Morgan fingerprint density at radius 2 is 1.97 bits per heavy atom. The average molecular weight is 410 g/mol. The maximum absolute atomic E-state index is 13.2. The number of fused-ring (bicyclic) bond motifs is 1. The van der Waals surface area contributed by atoms with Crippen molar-refractivity contribution >= 4 is 28.6 Å². The number of rotatable bonds is 7. The maximum atomic E-state index is 13.2. The lowest BCUT2D eigenvalue weighted by Crippen LogP contribution is -2.35. The zero-order valence-electron chi connectivity index (χ0n) is 16.4. The lowest BCUT2D eigenvalue weighted by atomic mass is 10.2. The monoisotopic (exact) mass is 409 g/mol. The maximum Gasteiger partial charge on any atom is 0.266 e. The second-order valence-corrected chi connectivity index (χ2v) is 8.17. The summed E-state index contributed by atoms with van der Waals surface area (Å²) in [5, 5.41) is 4.08. The van der Waals surface area contributed by atoms with E-state index in [-0.39, 0.29) is 23.3 Å². The second-order valence-electron chi connectivity index (χ2n) is 7.23. The van der Waals surface area contributed by atoms with Crippen molar-refractivity contribution in [2.24, 2.45) is 5.92 Å². The predicted molar refractivity (Wildman–Crippen MR) is 115 cm³/mol. The molecule has 1 fully saturated rings. The van der Waals surface area contributed by atoms with Gasteiger partial charge in [0.1, 0.15) is 5.75 Å². The van der Waals surface area contributed by atoms with Gasteiger partial charge in [0.2, 0.25) is 5.91 Å². The number of thioether (sulfide) groups is 1. The lowest BCUT2D eigenvalue weighted by Gasteiger charge is -2.15. The van der Waals surface area contributed by atoms with E-state index >= 15 is 0 Å². The van der Waals surface area contributed by atoms with Gasteiger partial charge in [-0.1, -0.05) is 23.9 Å². The first-order valence-corrected chi connectivity index (χ1v) is 10.6. The minimum atomic E-state index is -0.157. The number of amides is 1. The minimum Gasteiger partial charge on any atom is -0.497 e. The Balaban J connectivity index is 1.67. The quantitative estimate of drug-likeness (QED) is 0.478. The summed E-state index contributed by atoms with van der Waals surface area (Å²) < 4.78 is 6.77. The third-order valence-corrected chi connectivity index (χ3v) is 6.06. The molecule has 6 nitrogen and oxygen atoms in total. The Kier molecular flexibility index (Phi) is 5.58.